The van der Waals surface area contributed by atoms with Gasteiger partial charge in [0.15, 0.2) is 11.0 Å². The van der Waals surface area contributed by atoms with E-state index >= 15 is 0 Å². The smallest absolute Gasteiger partial charge is 0.341 e. The largest absolute Gasteiger partial charge is 0.462 e. The Kier molecular flexibility index (Phi) is 7.55. The Labute approximate surface area is 206 Å². The maximum absolute atomic E-state index is 12.8. The van der Waals surface area contributed by atoms with Crippen molar-refractivity contribution in [1.82, 2.24) is 14.8 Å². The van der Waals surface area contributed by atoms with Gasteiger partial charge in [0.2, 0.25) is 5.91 Å². The van der Waals surface area contributed by atoms with Crippen LogP contribution in [0.25, 0.3) is 11.4 Å². The summed E-state index contributed by atoms with van der Waals surface area (Å²) in [7, 11) is 1.91. The minimum atomic E-state index is -0.354. The minimum absolute atomic E-state index is 0.175. The Morgan fingerprint density at radius 1 is 1.33 bits per heavy atom. The molecule has 0 bridgehead atoms. The van der Waals surface area contributed by atoms with Gasteiger partial charge in [-0.1, -0.05) is 25.6 Å². The van der Waals surface area contributed by atoms with Gasteiger partial charge in [-0.15, -0.1) is 32.9 Å². The summed E-state index contributed by atoms with van der Waals surface area (Å²) in [5.74, 6) is 1.01. The molecule has 176 valence electrons. The molecule has 3 aromatic rings. The van der Waals surface area contributed by atoms with Crippen LogP contribution in [0, 0.1) is 5.92 Å². The predicted molar refractivity (Wildman–Crippen MR) is 135 cm³/mol. The van der Waals surface area contributed by atoms with Crippen molar-refractivity contribution in [3.05, 3.63) is 32.3 Å². The number of rotatable bonds is 8. The first-order valence-electron chi connectivity index (χ1n) is 11.1. The maximum atomic E-state index is 12.8. The molecular formula is C23H28N4O3S3. The molecule has 0 spiro atoms. The third kappa shape index (κ3) is 5.17. The molecule has 0 aliphatic heterocycles. The van der Waals surface area contributed by atoms with Gasteiger partial charge in [0.25, 0.3) is 0 Å². The maximum Gasteiger partial charge on any atom is 0.341 e. The van der Waals surface area contributed by atoms with Gasteiger partial charge in [-0.25, -0.2) is 4.79 Å². The molecule has 1 amide bonds. The van der Waals surface area contributed by atoms with Gasteiger partial charge in [-0.05, 0) is 50.2 Å². The molecule has 0 aromatic carbocycles. The molecule has 4 rings (SSSR count). The van der Waals surface area contributed by atoms with Crippen LogP contribution in [0.15, 0.2) is 16.6 Å². The summed E-state index contributed by atoms with van der Waals surface area (Å²) in [6.07, 6.45) is 3.80. The van der Waals surface area contributed by atoms with E-state index in [0.717, 1.165) is 42.6 Å². The summed E-state index contributed by atoms with van der Waals surface area (Å²) in [6, 6.07) is 2.13. The second kappa shape index (κ2) is 10.4. The molecule has 0 saturated carbocycles. The molecule has 1 atom stereocenters. The van der Waals surface area contributed by atoms with Crippen LogP contribution in [0.2, 0.25) is 0 Å². The molecule has 0 radical (unpaired) electrons. The number of thioether (sulfide) groups is 1. The first-order chi connectivity index (χ1) is 15.9. The van der Waals surface area contributed by atoms with Crippen LogP contribution in [-0.2, 0) is 35.8 Å². The number of thiophene rings is 2. The molecule has 3 heterocycles. The van der Waals surface area contributed by atoms with Crippen LogP contribution >= 0.6 is 34.4 Å². The number of fused-ring (bicyclic) bond motifs is 1. The zero-order valence-electron chi connectivity index (χ0n) is 19.3. The fourth-order valence-corrected chi connectivity index (χ4v) is 6.87. The number of aryl methyl sites for hydroxylation is 1. The Morgan fingerprint density at radius 3 is 2.88 bits per heavy atom. The summed E-state index contributed by atoms with van der Waals surface area (Å²) in [4.78, 5) is 27.9. The molecule has 1 unspecified atom stereocenters. The van der Waals surface area contributed by atoms with Gasteiger partial charge in [0.1, 0.15) is 5.00 Å². The van der Waals surface area contributed by atoms with Gasteiger partial charge in [0, 0.05) is 27.7 Å². The fraction of sp³-hybridized carbons (Fsp3) is 0.478. The lowest BCUT2D eigenvalue weighted by atomic mass is 9.88. The van der Waals surface area contributed by atoms with E-state index in [2.05, 4.69) is 40.8 Å². The summed E-state index contributed by atoms with van der Waals surface area (Å²) < 4.78 is 7.20. The molecule has 1 aliphatic carbocycles. The van der Waals surface area contributed by atoms with Gasteiger partial charge < -0.3 is 14.6 Å². The average Bonchev–Trinajstić information content (AvgIpc) is 3.48. The summed E-state index contributed by atoms with van der Waals surface area (Å²) in [5.41, 5.74) is 2.62. The van der Waals surface area contributed by atoms with E-state index in [0.29, 0.717) is 28.2 Å². The Bertz CT molecular complexity index is 1160. The number of nitrogens with one attached hydrogen (secondary N) is 1. The molecule has 1 N–H and O–H groups in total. The zero-order valence-corrected chi connectivity index (χ0v) is 21.7. The van der Waals surface area contributed by atoms with E-state index in [1.54, 1.807) is 18.3 Å². The molecule has 0 fully saturated rings. The molecule has 10 heteroatoms. The van der Waals surface area contributed by atoms with Crippen molar-refractivity contribution in [3.63, 3.8) is 0 Å². The van der Waals surface area contributed by atoms with Crippen molar-refractivity contribution in [2.75, 3.05) is 17.7 Å². The van der Waals surface area contributed by atoms with Gasteiger partial charge in [-0.2, -0.15) is 0 Å². The van der Waals surface area contributed by atoms with E-state index in [4.69, 9.17) is 4.74 Å². The SMILES string of the molecule is CCOC(=O)c1c(NC(=O)CSc2nnc(-c3csc(CC)c3)n2C)sc2c1CCC(C)C2. The van der Waals surface area contributed by atoms with Crippen LogP contribution in [0.4, 0.5) is 5.00 Å². The number of nitrogens with zero attached hydrogens (tertiary/aromatic N) is 3. The number of aromatic nitrogens is 3. The summed E-state index contributed by atoms with van der Waals surface area (Å²) in [6.45, 7) is 6.45. The molecule has 33 heavy (non-hydrogen) atoms. The van der Waals surface area contributed by atoms with Crippen molar-refractivity contribution in [2.45, 2.75) is 51.6 Å². The highest BCUT2D eigenvalue weighted by Gasteiger charge is 2.29. The van der Waals surface area contributed by atoms with Crippen LogP contribution in [0.5, 0.6) is 0 Å². The van der Waals surface area contributed by atoms with E-state index in [1.165, 1.54) is 32.9 Å². The van der Waals surface area contributed by atoms with Crippen LogP contribution in [-0.4, -0.2) is 39.0 Å². The highest BCUT2D eigenvalue weighted by atomic mass is 32.2. The van der Waals surface area contributed by atoms with E-state index in [-0.39, 0.29) is 17.6 Å². The number of hydrogen-bond donors (Lipinski definition) is 1. The second-order valence-electron chi connectivity index (χ2n) is 8.13. The number of hydrogen-bond acceptors (Lipinski definition) is 8. The molecule has 1 aliphatic rings. The number of carbonyl (C=O) groups is 2. The van der Waals surface area contributed by atoms with Crippen molar-refractivity contribution >= 4 is 51.3 Å². The van der Waals surface area contributed by atoms with Gasteiger partial charge in [-0.3, -0.25) is 4.79 Å². The molecule has 7 nitrogen and oxygen atoms in total. The van der Waals surface area contributed by atoms with E-state index < -0.39 is 0 Å². The minimum Gasteiger partial charge on any atom is -0.462 e. The zero-order chi connectivity index (χ0) is 23.5. The van der Waals surface area contributed by atoms with Crippen molar-refractivity contribution in [2.24, 2.45) is 13.0 Å². The highest BCUT2D eigenvalue weighted by molar-refractivity contribution is 7.99. The van der Waals surface area contributed by atoms with Crippen molar-refractivity contribution < 1.29 is 14.3 Å². The average molecular weight is 505 g/mol. The second-order valence-corrected chi connectivity index (χ2v) is 11.2. The number of esters is 1. The van der Waals surface area contributed by atoms with E-state index in [1.807, 2.05) is 11.6 Å². The van der Waals surface area contributed by atoms with Gasteiger partial charge >= 0.3 is 5.97 Å². The number of anilines is 1. The Morgan fingerprint density at radius 2 is 2.15 bits per heavy atom. The summed E-state index contributed by atoms with van der Waals surface area (Å²) >= 11 is 4.55. The quantitative estimate of drug-likeness (QED) is 0.335. The third-order valence-corrected chi connectivity index (χ3v) is 8.94. The molecule has 3 aromatic heterocycles. The van der Waals surface area contributed by atoms with Crippen LogP contribution in [0.3, 0.4) is 0 Å². The topological polar surface area (TPSA) is 86.1 Å². The first kappa shape index (κ1) is 24.0. The highest BCUT2D eigenvalue weighted by Crippen LogP contribution is 2.40. The monoisotopic (exact) mass is 504 g/mol. The lowest BCUT2D eigenvalue weighted by molar-refractivity contribution is -0.113. The van der Waals surface area contributed by atoms with Crippen molar-refractivity contribution in [3.8, 4) is 11.4 Å². The Balaban J connectivity index is 1.46. The molecular weight excluding hydrogens is 476 g/mol. The van der Waals surface area contributed by atoms with Crippen LogP contribution in [0.1, 0.15) is 52.9 Å². The fourth-order valence-electron chi connectivity index (χ4n) is 3.93. The number of ether oxygens (including phenoxy) is 1. The summed E-state index contributed by atoms with van der Waals surface area (Å²) in [5, 5.41) is 14.9. The van der Waals surface area contributed by atoms with Gasteiger partial charge in [0.05, 0.1) is 17.9 Å². The normalized spacial score (nSPS) is 15.3. The first-order valence-corrected chi connectivity index (χ1v) is 13.8. The third-order valence-electron chi connectivity index (χ3n) is 5.67. The lowest BCUT2D eigenvalue weighted by Gasteiger charge is -2.18. The number of amides is 1. The number of carbonyl (C=O) groups excluding carboxylic acids is 2. The van der Waals surface area contributed by atoms with Crippen molar-refractivity contribution in [1.29, 1.82) is 0 Å². The lowest BCUT2D eigenvalue weighted by Crippen LogP contribution is -2.18. The van der Waals surface area contributed by atoms with Crippen LogP contribution < -0.4 is 5.32 Å². The van der Waals surface area contributed by atoms with E-state index in [9.17, 15) is 9.59 Å². The Hall–Kier alpha value is -2.17. The molecule has 0 saturated heterocycles. The predicted octanol–water partition coefficient (Wildman–Crippen LogP) is 5.20. The standard InChI is InChI=1S/C23H28N4O3S3/c1-5-15-10-14(11-31-15)20-25-26-23(27(20)4)32-12-18(28)24-21-19(22(29)30-6-2)16-8-7-13(3)9-17(16)33-21/h10-11,13H,5-9,12H2,1-4H3,(H,24,28).